The van der Waals surface area contributed by atoms with E-state index in [0.717, 1.165) is 11.2 Å². The molecule has 0 saturated carbocycles. The molecule has 102 valence electrons. The number of phenols is 1. The summed E-state index contributed by atoms with van der Waals surface area (Å²) in [6.07, 6.45) is 1.81. The van der Waals surface area contributed by atoms with E-state index in [0.29, 0.717) is 11.1 Å². The lowest BCUT2D eigenvalue weighted by molar-refractivity contribution is 0.0694. The minimum atomic E-state index is -1.18. The Morgan fingerprint density at radius 2 is 2.00 bits per heavy atom. The van der Waals surface area contributed by atoms with Crippen molar-refractivity contribution >= 4 is 11.5 Å². The zero-order valence-corrected chi connectivity index (χ0v) is 10.8. The number of benzene rings is 1. The average molecular weight is 278 g/mol. The van der Waals surface area contributed by atoms with Crippen LogP contribution >= 0.6 is 0 Å². The Labute approximate surface area is 119 Å². The quantitative estimate of drug-likeness (QED) is 0.754. The van der Waals surface area contributed by atoms with Gasteiger partial charge in [0.25, 0.3) is 0 Å². The first kappa shape index (κ1) is 12.8. The summed E-state index contributed by atoms with van der Waals surface area (Å²) >= 11 is 0. The van der Waals surface area contributed by atoms with Gasteiger partial charge in [-0.3, -0.25) is 0 Å². The highest BCUT2D eigenvalue weighted by molar-refractivity contribution is 5.91. The van der Waals surface area contributed by atoms with Crippen LogP contribution in [0.15, 0.2) is 48.7 Å². The maximum atomic E-state index is 10.9. The van der Waals surface area contributed by atoms with Crippen molar-refractivity contribution in [1.82, 2.24) is 4.40 Å². The normalized spacial score (nSPS) is 10.4. The van der Waals surface area contributed by atoms with Crippen molar-refractivity contribution in [2.45, 2.75) is 0 Å². The van der Waals surface area contributed by atoms with Crippen LogP contribution in [0.4, 0.5) is 0 Å². The minimum Gasteiger partial charge on any atom is -0.507 e. The number of rotatable bonds is 2. The first-order chi connectivity index (χ1) is 10.1. The summed E-state index contributed by atoms with van der Waals surface area (Å²) in [5.41, 5.74) is 2.49. The summed E-state index contributed by atoms with van der Waals surface area (Å²) in [6, 6.07) is 13.7. The second-order valence-corrected chi connectivity index (χ2v) is 4.55. The van der Waals surface area contributed by atoms with E-state index >= 15 is 0 Å². The molecule has 2 N–H and O–H groups in total. The van der Waals surface area contributed by atoms with Gasteiger partial charge in [0.2, 0.25) is 0 Å². The van der Waals surface area contributed by atoms with E-state index < -0.39 is 5.97 Å². The maximum absolute atomic E-state index is 10.9. The summed E-state index contributed by atoms with van der Waals surface area (Å²) in [5, 5.41) is 27.9. The number of aromatic nitrogens is 1. The van der Waals surface area contributed by atoms with Crippen molar-refractivity contribution in [2.24, 2.45) is 0 Å². The number of aromatic carboxylic acids is 1. The van der Waals surface area contributed by atoms with Gasteiger partial charge in [0.15, 0.2) is 0 Å². The molecule has 2 heterocycles. The molecule has 0 aliphatic heterocycles. The second-order valence-electron chi connectivity index (χ2n) is 4.55. The first-order valence-corrected chi connectivity index (χ1v) is 6.18. The lowest BCUT2D eigenvalue weighted by atomic mass is 10.1. The van der Waals surface area contributed by atoms with Crippen LogP contribution in [-0.2, 0) is 0 Å². The Morgan fingerprint density at radius 1 is 1.19 bits per heavy atom. The number of nitrogens with zero attached hydrogens (tertiary/aromatic N) is 2. The SMILES string of the molecule is N#Cc1cc(-c2ccc(C(=O)O)c(O)c2)n2ccccc12. The summed E-state index contributed by atoms with van der Waals surface area (Å²) in [7, 11) is 0. The maximum Gasteiger partial charge on any atom is 0.339 e. The number of pyridine rings is 1. The number of hydrogen-bond acceptors (Lipinski definition) is 3. The fourth-order valence-electron chi connectivity index (χ4n) is 2.34. The smallest absolute Gasteiger partial charge is 0.339 e. The van der Waals surface area contributed by atoms with Crippen molar-refractivity contribution < 1.29 is 15.0 Å². The monoisotopic (exact) mass is 278 g/mol. The topological polar surface area (TPSA) is 85.7 Å². The number of carbonyl (C=O) groups is 1. The van der Waals surface area contributed by atoms with E-state index in [1.165, 1.54) is 12.1 Å². The molecular weight excluding hydrogens is 268 g/mol. The first-order valence-electron chi connectivity index (χ1n) is 6.18. The molecule has 0 amide bonds. The van der Waals surface area contributed by atoms with Gasteiger partial charge < -0.3 is 14.6 Å². The molecule has 0 atom stereocenters. The van der Waals surface area contributed by atoms with Crippen LogP contribution in [-0.4, -0.2) is 20.6 Å². The number of fused-ring (bicyclic) bond motifs is 1. The lowest BCUT2D eigenvalue weighted by Gasteiger charge is -2.05. The molecule has 2 aromatic heterocycles. The largest absolute Gasteiger partial charge is 0.507 e. The van der Waals surface area contributed by atoms with Gasteiger partial charge in [-0.2, -0.15) is 5.26 Å². The van der Waals surface area contributed by atoms with Crippen LogP contribution in [0, 0.1) is 11.3 Å². The molecule has 0 unspecified atom stereocenters. The fourth-order valence-corrected chi connectivity index (χ4v) is 2.34. The number of hydrogen-bond donors (Lipinski definition) is 2. The standard InChI is InChI=1S/C16H10N2O3/c17-9-11-7-14(18-6-2-1-3-13(11)18)10-4-5-12(16(20)21)15(19)8-10/h1-8,19H,(H,20,21). The molecule has 0 fully saturated rings. The zero-order valence-electron chi connectivity index (χ0n) is 10.8. The zero-order chi connectivity index (χ0) is 15.0. The molecule has 5 nitrogen and oxygen atoms in total. The number of aromatic hydroxyl groups is 1. The molecule has 3 rings (SSSR count). The average Bonchev–Trinajstić information content (AvgIpc) is 2.85. The van der Waals surface area contributed by atoms with Crippen molar-refractivity contribution in [3.05, 3.63) is 59.8 Å². The molecule has 1 aromatic carbocycles. The Bertz CT molecular complexity index is 904. The van der Waals surface area contributed by atoms with E-state index in [4.69, 9.17) is 5.11 Å². The molecule has 0 bridgehead atoms. The highest BCUT2D eigenvalue weighted by Crippen LogP contribution is 2.29. The van der Waals surface area contributed by atoms with Gasteiger partial charge in [0.05, 0.1) is 16.8 Å². The molecular formula is C16H10N2O3. The third kappa shape index (κ3) is 1.99. The Hall–Kier alpha value is -3.26. The van der Waals surface area contributed by atoms with Crippen LogP contribution in [0.1, 0.15) is 15.9 Å². The van der Waals surface area contributed by atoms with Crippen molar-refractivity contribution in [1.29, 1.82) is 5.26 Å². The molecule has 5 heteroatoms. The molecule has 21 heavy (non-hydrogen) atoms. The van der Waals surface area contributed by atoms with Gasteiger partial charge in [-0.1, -0.05) is 12.1 Å². The number of nitriles is 1. The predicted octanol–water partition coefficient (Wildman–Crippen LogP) is 2.88. The van der Waals surface area contributed by atoms with E-state index in [1.54, 1.807) is 12.1 Å². The van der Waals surface area contributed by atoms with Crippen molar-refractivity contribution in [3.8, 4) is 23.1 Å². The molecule has 0 saturated heterocycles. The Kier molecular flexibility index (Phi) is 2.85. The Morgan fingerprint density at radius 3 is 2.67 bits per heavy atom. The summed E-state index contributed by atoms with van der Waals surface area (Å²) in [6.45, 7) is 0. The van der Waals surface area contributed by atoms with Crippen molar-refractivity contribution in [3.63, 3.8) is 0 Å². The van der Waals surface area contributed by atoms with Gasteiger partial charge in [-0.15, -0.1) is 0 Å². The van der Waals surface area contributed by atoms with E-state index in [-0.39, 0.29) is 11.3 Å². The summed E-state index contributed by atoms with van der Waals surface area (Å²) in [4.78, 5) is 10.9. The van der Waals surface area contributed by atoms with Crippen LogP contribution < -0.4 is 0 Å². The minimum absolute atomic E-state index is 0.153. The fraction of sp³-hybridized carbons (Fsp3) is 0. The molecule has 0 radical (unpaired) electrons. The summed E-state index contributed by atoms with van der Waals surface area (Å²) in [5.74, 6) is -1.49. The lowest BCUT2D eigenvalue weighted by Crippen LogP contribution is -1.97. The van der Waals surface area contributed by atoms with Crippen LogP contribution in [0.2, 0.25) is 0 Å². The van der Waals surface area contributed by atoms with Gasteiger partial charge in [0, 0.05) is 11.8 Å². The van der Waals surface area contributed by atoms with Gasteiger partial charge in [0.1, 0.15) is 17.4 Å². The van der Waals surface area contributed by atoms with Crippen molar-refractivity contribution in [2.75, 3.05) is 0 Å². The number of carboxylic acids is 1. The highest BCUT2D eigenvalue weighted by Gasteiger charge is 2.14. The van der Waals surface area contributed by atoms with E-state index in [2.05, 4.69) is 6.07 Å². The van der Waals surface area contributed by atoms with E-state index in [1.807, 2.05) is 28.8 Å². The summed E-state index contributed by atoms with van der Waals surface area (Å²) < 4.78 is 1.83. The third-order valence-electron chi connectivity index (χ3n) is 3.32. The van der Waals surface area contributed by atoms with Crippen LogP contribution in [0.25, 0.3) is 16.8 Å². The van der Waals surface area contributed by atoms with Crippen LogP contribution in [0.3, 0.4) is 0 Å². The van der Waals surface area contributed by atoms with Gasteiger partial charge in [-0.05, 0) is 30.3 Å². The second kappa shape index (κ2) is 4.69. The Balaban J connectivity index is 2.24. The molecule has 3 aromatic rings. The molecule has 0 aliphatic carbocycles. The van der Waals surface area contributed by atoms with Gasteiger partial charge >= 0.3 is 5.97 Å². The number of carboxylic acid groups (broad SMARTS) is 1. The molecule has 0 aliphatic rings. The molecule has 0 spiro atoms. The van der Waals surface area contributed by atoms with Crippen LogP contribution in [0.5, 0.6) is 5.75 Å². The van der Waals surface area contributed by atoms with E-state index in [9.17, 15) is 15.2 Å². The third-order valence-corrected chi connectivity index (χ3v) is 3.32. The van der Waals surface area contributed by atoms with Gasteiger partial charge in [-0.25, -0.2) is 4.79 Å². The predicted molar refractivity (Wildman–Crippen MR) is 76.2 cm³/mol. The highest BCUT2D eigenvalue weighted by atomic mass is 16.4.